The van der Waals surface area contributed by atoms with Crippen molar-refractivity contribution in [3.8, 4) is 5.75 Å². The van der Waals surface area contributed by atoms with Gasteiger partial charge in [-0.2, -0.15) is 0 Å². The zero-order valence-electron chi connectivity index (χ0n) is 18.7. The van der Waals surface area contributed by atoms with Crippen molar-refractivity contribution in [2.75, 3.05) is 33.8 Å². The van der Waals surface area contributed by atoms with Gasteiger partial charge < -0.3 is 15.0 Å². The Kier molecular flexibility index (Phi) is 8.49. The molecule has 7 heteroatoms. The van der Waals surface area contributed by atoms with E-state index in [9.17, 15) is 9.59 Å². The maximum Gasteiger partial charge on any atom is 0.237 e. The fourth-order valence-electron chi connectivity index (χ4n) is 4.09. The number of ether oxygens (including phenoxy) is 1. The summed E-state index contributed by atoms with van der Waals surface area (Å²) >= 11 is 1.73. The molecule has 0 aliphatic carbocycles. The Bertz CT molecular complexity index is 830. The third-order valence-corrected chi connectivity index (χ3v) is 6.90. The van der Waals surface area contributed by atoms with Crippen molar-refractivity contribution >= 4 is 23.2 Å². The van der Waals surface area contributed by atoms with Gasteiger partial charge in [-0.3, -0.25) is 14.5 Å². The van der Waals surface area contributed by atoms with Crippen LogP contribution in [-0.2, 0) is 22.6 Å². The lowest BCUT2D eigenvalue weighted by Gasteiger charge is -2.34. The van der Waals surface area contributed by atoms with Crippen LogP contribution < -0.4 is 10.1 Å². The Morgan fingerprint density at radius 1 is 1.23 bits per heavy atom. The zero-order chi connectivity index (χ0) is 22.2. The molecular weight excluding hydrogens is 410 g/mol. The average molecular weight is 444 g/mol. The van der Waals surface area contributed by atoms with E-state index in [0.29, 0.717) is 13.1 Å². The number of carbonyl (C=O) groups is 2. The molecule has 1 aliphatic rings. The van der Waals surface area contributed by atoms with Crippen LogP contribution >= 0.6 is 11.3 Å². The molecule has 1 aromatic carbocycles. The number of rotatable bonds is 9. The number of methoxy groups -OCH3 is 1. The van der Waals surface area contributed by atoms with Crippen molar-refractivity contribution in [2.24, 2.45) is 5.92 Å². The first-order valence-corrected chi connectivity index (χ1v) is 11.8. The number of nitrogens with one attached hydrogen (secondary N) is 1. The largest absolute Gasteiger partial charge is 0.497 e. The van der Waals surface area contributed by atoms with E-state index in [1.165, 1.54) is 4.88 Å². The molecule has 1 aromatic heterocycles. The van der Waals surface area contributed by atoms with E-state index < -0.39 is 0 Å². The molecule has 2 heterocycles. The Morgan fingerprint density at radius 2 is 1.94 bits per heavy atom. The van der Waals surface area contributed by atoms with Crippen LogP contribution in [0.5, 0.6) is 5.75 Å². The SMILES string of the molecule is CNC(=O)C1CCN(CC(=O)N(Cc2ccc(OC)cc2)[C@H](C)Cc2cccs2)CC1. The number of carbonyl (C=O) groups excluding carboxylic acids is 2. The van der Waals surface area contributed by atoms with Crippen molar-refractivity contribution in [3.63, 3.8) is 0 Å². The molecule has 2 amide bonds. The van der Waals surface area contributed by atoms with Gasteiger partial charge in [0.15, 0.2) is 0 Å². The second kappa shape index (κ2) is 11.3. The van der Waals surface area contributed by atoms with Gasteiger partial charge in [-0.1, -0.05) is 18.2 Å². The van der Waals surface area contributed by atoms with E-state index in [4.69, 9.17) is 4.74 Å². The number of piperidine rings is 1. The maximum atomic E-state index is 13.4. The molecular formula is C24H33N3O3S. The molecule has 0 saturated carbocycles. The normalized spacial score (nSPS) is 16.0. The molecule has 0 bridgehead atoms. The number of hydrogen-bond acceptors (Lipinski definition) is 5. The first-order valence-electron chi connectivity index (χ1n) is 10.9. The Morgan fingerprint density at radius 3 is 2.52 bits per heavy atom. The summed E-state index contributed by atoms with van der Waals surface area (Å²) in [6, 6.07) is 12.2. The number of benzene rings is 1. The maximum absolute atomic E-state index is 13.4. The molecule has 1 atom stereocenters. The van der Waals surface area contributed by atoms with E-state index >= 15 is 0 Å². The highest BCUT2D eigenvalue weighted by Gasteiger charge is 2.28. The Balaban J connectivity index is 1.65. The summed E-state index contributed by atoms with van der Waals surface area (Å²) in [5.74, 6) is 1.12. The van der Waals surface area contributed by atoms with Crippen molar-refractivity contribution in [1.82, 2.24) is 15.1 Å². The summed E-state index contributed by atoms with van der Waals surface area (Å²) < 4.78 is 5.26. The molecule has 0 radical (unpaired) electrons. The van der Waals surface area contributed by atoms with Crippen LogP contribution in [0.4, 0.5) is 0 Å². The molecule has 3 rings (SSSR count). The second-order valence-corrected chi connectivity index (χ2v) is 9.20. The van der Waals surface area contributed by atoms with Gasteiger partial charge in [-0.25, -0.2) is 0 Å². The molecule has 1 N–H and O–H groups in total. The predicted octanol–water partition coefficient (Wildman–Crippen LogP) is 3.17. The number of likely N-dealkylation sites (tertiary alicyclic amines) is 1. The molecule has 1 fully saturated rings. The lowest BCUT2D eigenvalue weighted by atomic mass is 9.96. The lowest BCUT2D eigenvalue weighted by Crippen LogP contribution is -2.47. The minimum Gasteiger partial charge on any atom is -0.497 e. The molecule has 168 valence electrons. The topological polar surface area (TPSA) is 61.9 Å². The standard InChI is InChI=1S/C24H33N3O3S/c1-18(15-22-5-4-14-31-22)27(16-19-6-8-21(30-3)9-7-19)23(28)17-26-12-10-20(11-13-26)24(29)25-2/h4-9,14,18,20H,10-13,15-17H2,1-3H3,(H,25,29)/t18-/m1/s1. The fraction of sp³-hybridized carbons (Fsp3) is 0.500. The van der Waals surface area contributed by atoms with Gasteiger partial charge >= 0.3 is 0 Å². The van der Waals surface area contributed by atoms with Crippen LogP contribution in [0.25, 0.3) is 0 Å². The predicted molar refractivity (Wildman–Crippen MR) is 124 cm³/mol. The van der Waals surface area contributed by atoms with E-state index in [1.54, 1.807) is 25.5 Å². The minimum absolute atomic E-state index is 0.0597. The summed E-state index contributed by atoms with van der Waals surface area (Å²) in [7, 11) is 3.34. The zero-order valence-corrected chi connectivity index (χ0v) is 19.5. The average Bonchev–Trinajstić information content (AvgIpc) is 3.30. The van der Waals surface area contributed by atoms with E-state index in [0.717, 1.165) is 43.7 Å². The van der Waals surface area contributed by atoms with Crippen LogP contribution in [0.15, 0.2) is 41.8 Å². The third kappa shape index (κ3) is 6.55. The quantitative estimate of drug-likeness (QED) is 0.647. The van der Waals surface area contributed by atoms with Gasteiger partial charge in [-0.05, 0) is 62.0 Å². The first-order chi connectivity index (χ1) is 15.0. The van der Waals surface area contributed by atoms with E-state index in [-0.39, 0.29) is 23.8 Å². The number of amides is 2. The Hall–Kier alpha value is -2.38. The van der Waals surface area contributed by atoms with Crippen LogP contribution in [0, 0.1) is 5.92 Å². The molecule has 1 aliphatic heterocycles. The number of nitrogens with zero attached hydrogens (tertiary/aromatic N) is 2. The highest BCUT2D eigenvalue weighted by Crippen LogP contribution is 2.21. The smallest absolute Gasteiger partial charge is 0.237 e. The van der Waals surface area contributed by atoms with Crippen molar-refractivity contribution in [1.29, 1.82) is 0 Å². The summed E-state index contributed by atoms with van der Waals surface area (Å²) in [5.41, 5.74) is 1.09. The molecule has 0 spiro atoms. The van der Waals surface area contributed by atoms with Crippen LogP contribution in [0.2, 0.25) is 0 Å². The van der Waals surface area contributed by atoms with Gasteiger partial charge in [0.1, 0.15) is 5.75 Å². The monoisotopic (exact) mass is 443 g/mol. The minimum atomic E-state index is 0.0597. The first kappa shape index (κ1) is 23.3. The van der Waals surface area contributed by atoms with Crippen molar-refractivity contribution < 1.29 is 14.3 Å². The van der Waals surface area contributed by atoms with E-state index in [1.807, 2.05) is 29.2 Å². The van der Waals surface area contributed by atoms with Crippen LogP contribution in [-0.4, -0.2) is 61.4 Å². The highest BCUT2D eigenvalue weighted by atomic mass is 32.1. The summed E-state index contributed by atoms with van der Waals surface area (Å²) in [5, 5.41) is 4.82. The molecule has 6 nitrogen and oxygen atoms in total. The Labute approximate surface area is 189 Å². The highest BCUT2D eigenvalue weighted by molar-refractivity contribution is 7.09. The van der Waals surface area contributed by atoms with Crippen molar-refractivity contribution in [3.05, 3.63) is 52.2 Å². The van der Waals surface area contributed by atoms with E-state index in [2.05, 4.69) is 34.7 Å². The van der Waals surface area contributed by atoms with Gasteiger partial charge in [0.05, 0.1) is 13.7 Å². The fourth-order valence-corrected chi connectivity index (χ4v) is 4.91. The second-order valence-electron chi connectivity index (χ2n) is 8.17. The number of thiophene rings is 1. The van der Waals surface area contributed by atoms with Crippen molar-refractivity contribution in [2.45, 2.75) is 38.8 Å². The third-order valence-electron chi connectivity index (χ3n) is 6.00. The molecule has 31 heavy (non-hydrogen) atoms. The summed E-state index contributed by atoms with van der Waals surface area (Å²) in [4.78, 5) is 30.7. The van der Waals surface area contributed by atoms with Gasteiger partial charge in [0, 0.05) is 36.9 Å². The van der Waals surface area contributed by atoms with Crippen LogP contribution in [0.1, 0.15) is 30.2 Å². The van der Waals surface area contributed by atoms with Gasteiger partial charge in [0.25, 0.3) is 0 Å². The lowest BCUT2D eigenvalue weighted by molar-refractivity contribution is -0.135. The molecule has 2 aromatic rings. The summed E-state index contributed by atoms with van der Waals surface area (Å²) in [6.45, 7) is 4.65. The molecule has 1 saturated heterocycles. The van der Waals surface area contributed by atoms with Gasteiger partial charge in [-0.15, -0.1) is 11.3 Å². The number of hydrogen-bond donors (Lipinski definition) is 1. The van der Waals surface area contributed by atoms with Crippen LogP contribution in [0.3, 0.4) is 0 Å². The summed E-state index contributed by atoms with van der Waals surface area (Å²) in [6.07, 6.45) is 2.45. The van der Waals surface area contributed by atoms with Gasteiger partial charge in [0.2, 0.25) is 11.8 Å². The molecule has 0 unspecified atom stereocenters.